The second-order valence-corrected chi connectivity index (χ2v) is 8.99. The average molecular weight is 454 g/mol. The molecule has 34 heavy (non-hydrogen) atoms. The number of imidazole rings is 1. The molecule has 3 aromatic carbocycles. The SMILES string of the molecule is Cc1cccc(C(CC(=O)O)n2c(=O)n(Cc3cn(C)c4cccc(C)c34)c3ccccc32)c1. The maximum atomic E-state index is 13.9. The Morgan fingerprint density at radius 3 is 2.38 bits per heavy atom. The van der Waals surface area contributed by atoms with Gasteiger partial charge in [0, 0.05) is 24.1 Å². The molecule has 0 amide bonds. The van der Waals surface area contributed by atoms with Crippen molar-refractivity contribution in [2.24, 2.45) is 7.05 Å². The van der Waals surface area contributed by atoms with Crippen LogP contribution >= 0.6 is 0 Å². The van der Waals surface area contributed by atoms with Crippen molar-refractivity contribution in [1.29, 1.82) is 0 Å². The first kappa shape index (κ1) is 21.8. The van der Waals surface area contributed by atoms with Crippen molar-refractivity contribution in [3.63, 3.8) is 0 Å². The molecule has 172 valence electrons. The molecular weight excluding hydrogens is 426 g/mol. The first-order valence-corrected chi connectivity index (χ1v) is 11.4. The van der Waals surface area contributed by atoms with Crippen LogP contribution in [0.2, 0.25) is 0 Å². The van der Waals surface area contributed by atoms with Crippen molar-refractivity contribution in [2.75, 3.05) is 0 Å². The van der Waals surface area contributed by atoms with E-state index in [9.17, 15) is 14.7 Å². The zero-order valence-electron chi connectivity index (χ0n) is 19.5. The molecular formula is C28H27N3O3. The molecule has 5 rings (SSSR count). The molecule has 0 saturated carbocycles. The summed E-state index contributed by atoms with van der Waals surface area (Å²) >= 11 is 0. The Balaban J connectivity index is 1.73. The fourth-order valence-corrected chi connectivity index (χ4v) is 5.11. The number of nitrogens with zero attached hydrogens (tertiary/aromatic N) is 3. The Morgan fingerprint density at radius 2 is 1.65 bits per heavy atom. The number of aryl methyl sites for hydroxylation is 3. The van der Waals surface area contributed by atoms with Crippen molar-refractivity contribution >= 4 is 27.9 Å². The van der Waals surface area contributed by atoms with Crippen LogP contribution in [0, 0.1) is 13.8 Å². The van der Waals surface area contributed by atoms with Crippen LogP contribution in [0.1, 0.15) is 34.7 Å². The van der Waals surface area contributed by atoms with Crippen LogP contribution < -0.4 is 5.69 Å². The fraction of sp³-hybridized carbons (Fsp3) is 0.214. The molecule has 0 aliphatic carbocycles. The highest BCUT2D eigenvalue weighted by molar-refractivity contribution is 5.87. The Bertz CT molecular complexity index is 1600. The molecule has 1 N–H and O–H groups in total. The van der Waals surface area contributed by atoms with Crippen molar-refractivity contribution in [3.8, 4) is 0 Å². The van der Waals surface area contributed by atoms with Gasteiger partial charge in [-0.3, -0.25) is 13.9 Å². The summed E-state index contributed by atoms with van der Waals surface area (Å²) in [6.45, 7) is 4.46. The number of rotatable bonds is 6. The highest BCUT2D eigenvalue weighted by atomic mass is 16.4. The third kappa shape index (κ3) is 3.61. The van der Waals surface area contributed by atoms with Crippen LogP contribution in [0.25, 0.3) is 21.9 Å². The van der Waals surface area contributed by atoms with Crippen molar-refractivity contribution < 1.29 is 9.90 Å². The number of aliphatic carboxylic acids is 1. The van der Waals surface area contributed by atoms with Crippen LogP contribution in [-0.2, 0) is 18.4 Å². The van der Waals surface area contributed by atoms with E-state index in [4.69, 9.17) is 0 Å². The number of para-hydroxylation sites is 2. The molecule has 0 spiro atoms. The largest absolute Gasteiger partial charge is 0.481 e. The Kier molecular flexibility index (Phi) is 5.36. The number of carboxylic acid groups (broad SMARTS) is 1. The molecule has 6 nitrogen and oxygen atoms in total. The van der Waals surface area contributed by atoms with Crippen LogP contribution in [0.5, 0.6) is 0 Å². The van der Waals surface area contributed by atoms with Crippen LogP contribution in [0.15, 0.2) is 77.7 Å². The zero-order chi connectivity index (χ0) is 24.0. The van der Waals surface area contributed by atoms with E-state index in [0.717, 1.165) is 44.2 Å². The summed E-state index contributed by atoms with van der Waals surface area (Å²) in [5.74, 6) is -0.945. The number of aromatic nitrogens is 3. The van der Waals surface area contributed by atoms with Gasteiger partial charge in [-0.2, -0.15) is 0 Å². The predicted molar refractivity (Wildman–Crippen MR) is 135 cm³/mol. The number of benzene rings is 3. The van der Waals surface area contributed by atoms with Gasteiger partial charge in [-0.1, -0.05) is 54.1 Å². The highest BCUT2D eigenvalue weighted by Gasteiger charge is 2.25. The minimum atomic E-state index is -0.945. The maximum Gasteiger partial charge on any atom is 0.330 e. The number of hydrogen-bond acceptors (Lipinski definition) is 2. The van der Waals surface area contributed by atoms with E-state index in [1.165, 1.54) is 0 Å². The topological polar surface area (TPSA) is 69.2 Å². The van der Waals surface area contributed by atoms with Gasteiger partial charge in [0.15, 0.2) is 0 Å². The normalized spacial score (nSPS) is 12.4. The Morgan fingerprint density at radius 1 is 0.941 bits per heavy atom. The van der Waals surface area contributed by atoms with Gasteiger partial charge in [-0.15, -0.1) is 0 Å². The summed E-state index contributed by atoms with van der Waals surface area (Å²) in [7, 11) is 2.01. The van der Waals surface area contributed by atoms with E-state index in [0.29, 0.717) is 6.54 Å². The van der Waals surface area contributed by atoms with Crippen molar-refractivity contribution in [2.45, 2.75) is 32.9 Å². The summed E-state index contributed by atoms with van der Waals surface area (Å²) in [5.41, 5.74) is 6.50. The summed E-state index contributed by atoms with van der Waals surface area (Å²) in [5, 5.41) is 10.9. The van der Waals surface area contributed by atoms with Crippen LogP contribution in [0.3, 0.4) is 0 Å². The van der Waals surface area contributed by atoms with Crippen molar-refractivity contribution in [3.05, 3.63) is 106 Å². The highest BCUT2D eigenvalue weighted by Crippen LogP contribution is 2.29. The minimum Gasteiger partial charge on any atom is -0.481 e. The van der Waals surface area contributed by atoms with Crippen molar-refractivity contribution in [1.82, 2.24) is 13.7 Å². The third-order valence-corrected chi connectivity index (χ3v) is 6.61. The van der Waals surface area contributed by atoms with Gasteiger partial charge in [0.1, 0.15) is 0 Å². The van der Waals surface area contributed by atoms with E-state index < -0.39 is 12.0 Å². The maximum absolute atomic E-state index is 13.9. The van der Waals surface area contributed by atoms with Crippen LogP contribution in [-0.4, -0.2) is 24.8 Å². The molecule has 0 radical (unpaired) electrons. The van der Waals surface area contributed by atoms with Gasteiger partial charge in [-0.25, -0.2) is 4.79 Å². The minimum absolute atomic E-state index is 0.176. The number of carboxylic acids is 1. The molecule has 0 fully saturated rings. The smallest absolute Gasteiger partial charge is 0.330 e. The zero-order valence-corrected chi connectivity index (χ0v) is 19.5. The van der Waals surface area contributed by atoms with E-state index in [1.54, 1.807) is 9.13 Å². The summed E-state index contributed by atoms with van der Waals surface area (Å²) < 4.78 is 5.50. The third-order valence-electron chi connectivity index (χ3n) is 6.61. The first-order chi connectivity index (χ1) is 16.3. The van der Waals surface area contributed by atoms with Gasteiger partial charge in [0.05, 0.1) is 30.0 Å². The number of hydrogen-bond donors (Lipinski definition) is 1. The molecule has 1 atom stereocenters. The molecule has 0 aliphatic heterocycles. The van der Waals surface area contributed by atoms with Gasteiger partial charge in [-0.05, 0) is 48.7 Å². The van der Waals surface area contributed by atoms with Gasteiger partial charge in [0.2, 0.25) is 0 Å². The predicted octanol–water partition coefficient (Wildman–Crippen LogP) is 5.02. The molecule has 0 bridgehead atoms. The second kappa shape index (κ2) is 8.37. The Hall–Kier alpha value is -4.06. The van der Waals surface area contributed by atoms with Gasteiger partial charge in [0.25, 0.3) is 0 Å². The van der Waals surface area contributed by atoms with Crippen LogP contribution in [0.4, 0.5) is 0 Å². The fourth-order valence-electron chi connectivity index (χ4n) is 5.11. The number of carbonyl (C=O) groups is 1. The van der Waals surface area contributed by atoms with Gasteiger partial charge >= 0.3 is 11.7 Å². The molecule has 2 aromatic heterocycles. The molecule has 0 aliphatic rings. The lowest BCUT2D eigenvalue weighted by molar-refractivity contribution is -0.137. The lowest BCUT2D eigenvalue weighted by Gasteiger charge is -2.18. The lowest BCUT2D eigenvalue weighted by Crippen LogP contribution is -2.29. The summed E-state index contributed by atoms with van der Waals surface area (Å²) in [6, 6.07) is 21.0. The quantitative estimate of drug-likeness (QED) is 0.392. The van der Waals surface area contributed by atoms with E-state index in [1.807, 2.05) is 68.6 Å². The molecule has 5 aromatic rings. The monoisotopic (exact) mass is 453 g/mol. The first-order valence-electron chi connectivity index (χ1n) is 11.4. The molecule has 6 heteroatoms. The average Bonchev–Trinajstić information content (AvgIpc) is 3.27. The lowest BCUT2D eigenvalue weighted by atomic mass is 10.0. The van der Waals surface area contributed by atoms with E-state index >= 15 is 0 Å². The number of fused-ring (bicyclic) bond motifs is 2. The molecule has 2 heterocycles. The molecule has 0 saturated heterocycles. The van der Waals surface area contributed by atoms with E-state index in [-0.39, 0.29) is 12.1 Å². The Labute approximate surface area is 197 Å². The summed E-state index contributed by atoms with van der Waals surface area (Å²) in [6.07, 6.45) is 1.90. The summed E-state index contributed by atoms with van der Waals surface area (Å²) in [4.78, 5) is 25.8. The standard InChI is InChI=1S/C28H27N3O3/c1-18-8-6-10-20(14-18)25(15-26(32)33)31-23-12-5-4-11-22(23)30(28(31)34)17-21-16-29(3)24-13-7-9-19(2)27(21)24/h4-14,16,25H,15,17H2,1-3H3,(H,32,33). The van der Waals surface area contributed by atoms with Gasteiger partial charge < -0.3 is 9.67 Å². The van der Waals surface area contributed by atoms with E-state index in [2.05, 4.69) is 29.8 Å². The molecule has 1 unspecified atom stereocenters. The second-order valence-electron chi connectivity index (χ2n) is 8.99.